The monoisotopic (exact) mass is 392 g/mol. The fourth-order valence-corrected chi connectivity index (χ4v) is 2.59. The highest BCUT2D eigenvalue weighted by Gasteiger charge is 2.16. The summed E-state index contributed by atoms with van der Waals surface area (Å²) in [5.41, 5.74) is 0.789. The zero-order chi connectivity index (χ0) is 17.1. The van der Waals surface area contributed by atoms with Crippen molar-refractivity contribution < 1.29 is 17.9 Å². The minimum absolute atomic E-state index is 0.00743. The molecule has 3 aromatic carbocycles. The van der Waals surface area contributed by atoms with Crippen molar-refractivity contribution in [2.75, 3.05) is 0 Å². The van der Waals surface area contributed by atoms with Crippen molar-refractivity contribution in [3.63, 3.8) is 0 Å². The molecule has 0 heterocycles. The Labute approximate surface area is 145 Å². The minimum atomic E-state index is -1.10. The lowest BCUT2D eigenvalue weighted by Crippen LogP contribution is -1.97. The maximum atomic E-state index is 14.3. The molecule has 0 atom stereocenters. The van der Waals surface area contributed by atoms with E-state index in [0.29, 0.717) is 12.4 Å². The SMILES string of the molecule is Fc1cc(OCc2ccccc2)ccc1-c1ccc(Br)c(F)c1F. The highest BCUT2D eigenvalue weighted by Crippen LogP contribution is 2.32. The van der Waals surface area contributed by atoms with Gasteiger partial charge in [0.2, 0.25) is 0 Å². The first-order chi connectivity index (χ1) is 11.6. The first-order valence-corrected chi connectivity index (χ1v) is 7.95. The lowest BCUT2D eigenvalue weighted by atomic mass is 10.0. The van der Waals surface area contributed by atoms with Gasteiger partial charge in [-0.1, -0.05) is 30.3 Å². The van der Waals surface area contributed by atoms with Gasteiger partial charge in [-0.05, 0) is 45.8 Å². The third-order valence-corrected chi connectivity index (χ3v) is 4.13. The number of ether oxygens (including phenoxy) is 1. The van der Waals surface area contributed by atoms with Crippen molar-refractivity contribution in [1.29, 1.82) is 0 Å². The van der Waals surface area contributed by atoms with Crippen molar-refractivity contribution >= 4 is 15.9 Å². The summed E-state index contributed by atoms with van der Waals surface area (Å²) in [6.07, 6.45) is 0. The molecule has 0 saturated heterocycles. The van der Waals surface area contributed by atoms with Crippen molar-refractivity contribution in [2.45, 2.75) is 6.61 Å². The van der Waals surface area contributed by atoms with Crippen LogP contribution in [0.1, 0.15) is 5.56 Å². The largest absolute Gasteiger partial charge is 0.489 e. The molecule has 0 N–H and O–H groups in total. The van der Waals surface area contributed by atoms with Crippen LogP contribution in [0.3, 0.4) is 0 Å². The third kappa shape index (κ3) is 3.46. The molecule has 5 heteroatoms. The summed E-state index contributed by atoms with van der Waals surface area (Å²) >= 11 is 2.90. The lowest BCUT2D eigenvalue weighted by Gasteiger charge is -2.10. The number of hydrogen-bond acceptors (Lipinski definition) is 1. The van der Waals surface area contributed by atoms with Crippen LogP contribution in [-0.4, -0.2) is 0 Å². The van der Waals surface area contributed by atoms with Crippen LogP contribution < -0.4 is 4.74 Å². The van der Waals surface area contributed by atoms with Crippen LogP contribution in [0.25, 0.3) is 11.1 Å². The first kappa shape index (κ1) is 16.6. The van der Waals surface area contributed by atoms with Crippen LogP contribution in [0.2, 0.25) is 0 Å². The van der Waals surface area contributed by atoms with Gasteiger partial charge in [0.1, 0.15) is 18.2 Å². The molecular weight excluding hydrogens is 381 g/mol. The Kier molecular flexibility index (Phi) is 4.90. The Hall–Kier alpha value is -2.27. The first-order valence-electron chi connectivity index (χ1n) is 7.16. The molecular formula is C19H12BrF3O. The molecule has 0 amide bonds. The molecule has 122 valence electrons. The molecule has 3 aromatic rings. The van der Waals surface area contributed by atoms with E-state index in [1.165, 1.54) is 24.3 Å². The number of hydrogen-bond donors (Lipinski definition) is 0. The highest BCUT2D eigenvalue weighted by molar-refractivity contribution is 9.10. The van der Waals surface area contributed by atoms with Gasteiger partial charge in [0.15, 0.2) is 11.6 Å². The standard InChI is InChI=1S/C19H12BrF3O/c20-16-9-8-15(18(22)19(16)23)14-7-6-13(10-17(14)21)24-11-12-4-2-1-3-5-12/h1-10H,11H2. The van der Waals surface area contributed by atoms with E-state index < -0.39 is 17.5 Å². The summed E-state index contributed by atoms with van der Waals surface area (Å²) in [5, 5.41) is 0. The van der Waals surface area contributed by atoms with Gasteiger partial charge in [0.25, 0.3) is 0 Å². The predicted molar refractivity (Wildman–Crippen MR) is 90.2 cm³/mol. The van der Waals surface area contributed by atoms with Crippen molar-refractivity contribution in [3.05, 3.63) is 88.2 Å². The fraction of sp³-hybridized carbons (Fsp3) is 0.0526. The minimum Gasteiger partial charge on any atom is -0.489 e. The summed E-state index contributed by atoms with van der Waals surface area (Å²) in [7, 11) is 0. The molecule has 0 fully saturated rings. The number of rotatable bonds is 4. The molecule has 0 aliphatic heterocycles. The van der Waals surface area contributed by atoms with E-state index >= 15 is 0 Å². The Morgan fingerprint density at radius 2 is 1.50 bits per heavy atom. The molecule has 0 aromatic heterocycles. The second-order valence-corrected chi connectivity index (χ2v) is 5.99. The molecule has 0 radical (unpaired) electrons. The smallest absolute Gasteiger partial charge is 0.173 e. The second-order valence-electron chi connectivity index (χ2n) is 5.14. The lowest BCUT2D eigenvalue weighted by molar-refractivity contribution is 0.304. The van der Waals surface area contributed by atoms with E-state index in [-0.39, 0.29) is 15.6 Å². The van der Waals surface area contributed by atoms with Gasteiger partial charge in [-0.2, -0.15) is 0 Å². The van der Waals surface area contributed by atoms with E-state index in [1.807, 2.05) is 30.3 Å². The predicted octanol–water partition coefficient (Wildman–Crippen LogP) is 6.11. The van der Waals surface area contributed by atoms with E-state index in [2.05, 4.69) is 15.9 Å². The third-order valence-electron chi connectivity index (χ3n) is 3.51. The topological polar surface area (TPSA) is 9.23 Å². The van der Waals surface area contributed by atoms with Gasteiger partial charge < -0.3 is 4.74 Å². The summed E-state index contributed by atoms with van der Waals surface area (Å²) < 4.78 is 47.4. The highest BCUT2D eigenvalue weighted by atomic mass is 79.9. The maximum absolute atomic E-state index is 14.3. The summed E-state index contributed by atoms with van der Waals surface area (Å²) in [6, 6.07) is 16.2. The summed E-state index contributed by atoms with van der Waals surface area (Å²) in [4.78, 5) is 0. The van der Waals surface area contributed by atoms with E-state index in [1.54, 1.807) is 0 Å². The zero-order valence-electron chi connectivity index (χ0n) is 12.4. The quantitative estimate of drug-likeness (QED) is 0.486. The van der Waals surface area contributed by atoms with Gasteiger partial charge in [-0.25, -0.2) is 13.2 Å². The van der Waals surface area contributed by atoms with E-state index in [9.17, 15) is 13.2 Å². The average molecular weight is 393 g/mol. The van der Waals surface area contributed by atoms with E-state index in [0.717, 1.165) is 11.6 Å². The molecule has 0 aliphatic rings. The Balaban J connectivity index is 1.84. The average Bonchev–Trinajstić information content (AvgIpc) is 2.60. The normalized spacial score (nSPS) is 10.7. The molecule has 0 aliphatic carbocycles. The van der Waals surface area contributed by atoms with Crippen LogP contribution in [0.5, 0.6) is 5.75 Å². The number of benzene rings is 3. The van der Waals surface area contributed by atoms with E-state index in [4.69, 9.17) is 4.74 Å². The van der Waals surface area contributed by atoms with Gasteiger partial charge in [-0.15, -0.1) is 0 Å². The molecule has 0 saturated carbocycles. The zero-order valence-corrected chi connectivity index (χ0v) is 14.0. The van der Waals surface area contributed by atoms with Gasteiger partial charge in [-0.3, -0.25) is 0 Å². The van der Waals surface area contributed by atoms with Crippen LogP contribution in [0, 0.1) is 17.5 Å². The van der Waals surface area contributed by atoms with Gasteiger partial charge >= 0.3 is 0 Å². The number of halogens is 4. The van der Waals surface area contributed by atoms with Gasteiger partial charge in [0.05, 0.1) is 4.47 Å². The van der Waals surface area contributed by atoms with Crippen LogP contribution in [0.15, 0.2) is 65.1 Å². The molecule has 24 heavy (non-hydrogen) atoms. The molecule has 1 nitrogen and oxygen atoms in total. The van der Waals surface area contributed by atoms with Crippen molar-refractivity contribution in [3.8, 4) is 16.9 Å². The molecule has 0 spiro atoms. The summed E-state index contributed by atoms with van der Waals surface area (Å²) in [6.45, 7) is 0.293. The second kappa shape index (κ2) is 7.09. The molecule has 3 rings (SSSR count). The van der Waals surface area contributed by atoms with Crippen molar-refractivity contribution in [2.24, 2.45) is 0 Å². The Morgan fingerprint density at radius 1 is 0.792 bits per heavy atom. The fourth-order valence-electron chi connectivity index (χ4n) is 2.28. The Bertz CT molecular complexity index is 866. The molecule has 0 bridgehead atoms. The van der Waals surface area contributed by atoms with Crippen LogP contribution in [0.4, 0.5) is 13.2 Å². The Morgan fingerprint density at radius 3 is 2.21 bits per heavy atom. The van der Waals surface area contributed by atoms with Crippen LogP contribution in [-0.2, 0) is 6.61 Å². The van der Waals surface area contributed by atoms with Crippen LogP contribution >= 0.6 is 15.9 Å². The van der Waals surface area contributed by atoms with Gasteiger partial charge in [0, 0.05) is 17.2 Å². The van der Waals surface area contributed by atoms with Crippen molar-refractivity contribution in [1.82, 2.24) is 0 Å². The summed E-state index contributed by atoms with van der Waals surface area (Å²) in [5.74, 6) is -2.50. The molecule has 0 unspecified atom stereocenters. The maximum Gasteiger partial charge on any atom is 0.173 e.